The molecule has 0 bridgehead atoms. The quantitative estimate of drug-likeness (QED) is 0.183. The number of unbranched alkanes of at least 4 members (excludes halogenated alkanes) is 2. The van der Waals surface area contributed by atoms with Crippen LogP contribution < -0.4 is 4.90 Å². The van der Waals surface area contributed by atoms with E-state index in [1.807, 2.05) is 13.8 Å². The number of fused-ring (bicyclic) bond motifs is 2. The number of likely N-dealkylation sites (N-methyl/N-ethyl adjacent to an activating group) is 1. The fourth-order valence-corrected chi connectivity index (χ4v) is 6.08. The van der Waals surface area contributed by atoms with Gasteiger partial charge in [-0.1, -0.05) is 82.3 Å². The first-order chi connectivity index (χ1) is 18.1. The number of Topliss-reactive ketones (excluding diaryl/α,β-unsaturated/α-hetero) is 1. The Kier molecular flexibility index (Phi) is 8.25. The third-order valence-corrected chi connectivity index (χ3v) is 8.42. The van der Waals surface area contributed by atoms with Crippen LogP contribution in [-0.4, -0.2) is 29.7 Å². The summed E-state index contributed by atoms with van der Waals surface area (Å²) >= 11 is 0. The van der Waals surface area contributed by atoms with E-state index in [1.165, 1.54) is 33.9 Å². The van der Waals surface area contributed by atoms with Gasteiger partial charge in [-0.05, 0) is 44.4 Å². The number of ketones is 1. The van der Waals surface area contributed by atoms with Crippen LogP contribution in [0.3, 0.4) is 0 Å². The van der Waals surface area contributed by atoms with Crippen molar-refractivity contribution in [3.8, 4) is 0 Å². The van der Waals surface area contributed by atoms with E-state index in [9.17, 15) is 4.79 Å². The van der Waals surface area contributed by atoms with E-state index in [0.717, 1.165) is 25.8 Å². The molecular weight excluding hydrogens is 464 g/mol. The molecule has 0 fully saturated rings. The Morgan fingerprint density at radius 1 is 0.868 bits per heavy atom. The molecule has 0 saturated heterocycles. The fourth-order valence-electron chi connectivity index (χ4n) is 6.08. The predicted octanol–water partition coefficient (Wildman–Crippen LogP) is 8.27. The SMILES string of the molecule is CC(C)C(=O)CCCCC[N+]1=C(/C=C/C=C/C=C2/N(C)c3ccccc3C2(C)C)C(C)(C)c2ccccc21. The number of nitrogens with zero attached hydrogens (tertiary/aromatic N) is 2. The van der Waals surface area contributed by atoms with Crippen molar-refractivity contribution in [1.29, 1.82) is 0 Å². The number of carbonyl (C=O) groups is 1. The Bertz CT molecular complexity index is 1300. The van der Waals surface area contributed by atoms with E-state index in [1.54, 1.807) is 0 Å². The largest absolute Gasteiger partial charge is 0.347 e. The van der Waals surface area contributed by atoms with Gasteiger partial charge in [-0.3, -0.25) is 4.79 Å². The summed E-state index contributed by atoms with van der Waals surface area (Å²) in [6.45, 7) is 14.2. The maximum atomic E-state index is 12.0. The second kappa shape index (κ2) is 11.3. The Morgan fingerprint density at radius 3 is 2.26 bits per heavy atom. The summed E-state index contributed by atoms with van der Waals surface area (Å²) in [7, 11) is 2.16. The molecule has 2 aromatic carbocycles. The van der Waals surface area contributed by atoms with Gasteiger partial charge in [-0.2, -0.15) is 4.58 Å². The van der Waals surface area contributed by atoms with Crippen molar-refractivity contribution in [3.63, 3.8) is 0 Å². The first kappa shape index (κ1) is 27.8. The summed E-state index contributed by atoms with van der Waals surface area (Å²) in [6, 6.07) is 17.5. The van der Waals surface area contributed by atoms with Crippen LogP contribution in [-0.2, 0) is 15.6 Å². The first-order valence-corrected chi connectivity index (χ1v) is 14.2. The summed E-state index contributed by atoms with van der Waals surface area (Å²) in [5, 5.41) is 0. The summed E-state index contributed by atoms with van der Waals surface area (Å²) < 4.78 is 2.49. The zero-order valence-corrected chi connectivity index (χ0v) is 24.4. The summed E-state index contributed by atoms with van der Waals surface area (Å²) in [4.78, 5) is 14.3. The van der Waals surface area contributed by atoms with E-state index in [0.29, 0.717) is 12.2 Å². The molecule has 2 aliphatic heterocycles. The van der Waals surface area contributed by atoms with Crippen LogP contribution in [0.15, 0.2) is 84.6 Å². The third kappa shape index (κ3) is 5.34. The second-order valence-electron chi connectivity index (χ2n) is 12.1. The molecule has 0 radical (unpaired) electrons. The van der Waals surface area contributed by atoms with Gasteiger partial charge in [0.25, 0.3) is 0 Å². The van der Waals surface area contributed by atoms with Crippen LogP contribution >= 0.6 is 0 Å². The number of benzene rings is 2. The molecule has 0 unspecified atom stereocenters. The molecule has 0 N–H and O–H groups in total. The lowest BCUT2D eigenvalue weighted by Gasteiger charge is -2.23. The Morgan fingerprint density at radius 2 is 1.55 bits per heavy atom. The lowest BCUT2D eigenvalue weighted by Crippen LogP contribution is -2.27. The van der Waals surface area contributed by atoms with Crippen LogP contribution in [0.25, 0.3) is 0 Å². The van der Waals surface area contributed by atoms with Crippen molar-refractivity contribution in [2.45, 2.75) is 78.1 Å². The first-order valence-electron chi connectivity index (χ1n) is 14.2. The van der Waals surface area contributed by atoms with Crippen molar-refractivity contribution in [1.82, 2.24) is 0 Å². The highest BCUT2D eigenvalue weighted by atomic mass is 16.1. The molecule has 0 atom stereocenters. The average Bonchev–Trinajstić information content (AvgIpc) is 3.22. The number of allylic oxidation sites excluding steroid dienone is 6. The van der Waals surface area contributed by atoms with Crippen molar-refractivity contribution in [2.24, 2.45) is 5.92 Å². The van der Waals surface area contributed by atoms with E-state index >= 15 is 0 Å². The highest BCUT2D eigenvalue weighted by molar-refractivity contribution is 6.03. The monoisotopic (exact) mass is 509 g/mol. The van der Waals surface area contributed by atoms with Crippen LogP contribution in [0.1, 0.15) is 78.4 Å². The van der Waals surface area contributed by atoms with Gasteiger partial charge in [0.1, 0.15) is 12.3 Å². The zero-order chi connectivity index (χ0) is 27.5. The van der Waals surface area contributed by atoms with Gasteiger partial charge in [-0.15, -0.1) is 0 Å². The topological polar surface area (TPSA) is 23.3 Å². The molecule has 4 rings (SSSR count). The van der Waals surface area contributed by atoms with E-state index in [2.05, 4.69) is 123 Å². The molecule has 3 heteroatoms. The van der Waals surface area contributed by atoms with Gasteiger partial charge in [0.2, 0.25) is 5.69 Å². The normalized spacial score (nSPS) is 18.8. The van der Waals surface area contributed by atoms with Crippen LogP contribution in [0.5, 0.6) is 0 Å². The van der Waals surface area contributed by atoms with Crippen molar-refractivity contribution < 1.29 is 9.37 Å². The molecule has 3 nitrogen and oxygen atoms in total. The van der Waals surface area contributed by atoms with Gasteiger partial charge >= 0.3 is 0 Å². The maximum Gasteiger partial charge on any atom is 0.209 e. The number of hydrogen-bond donors (Lipinski definition) is 0. The molecule has 0 amide bonds. The Hall–Kier alpha value is -3.20. The minimum absolute atomic E-state index is 0.0141. The van der Waals surface area contributed by atoms with Crippen LogP contribution in [0.4, 0.5) is 11.4 Å². The predicted molar refractivity (Wildman–Crippen MR) is 162 cm³/mol. The minimum Gasteiger partial charge on any atom is -0.347 e. The maximum absolute atomic E-state index is 12.0. The van der Waals surface area contributed by atoms with Gasteiger partial charge in [-0.25, -0.2) is 0 Å². The lowest BCUT2D eigenvalue weighted by atomic mass is 9.81. The number of anilines is 1. The molecule has 2 heterocycles. The standard InChI is InChI=1S/C35H45N2O/c1-26(2)31(38)22-10-9-17-25-37-30-21-16-14-19-28(30)35(5,6)33(37)24-12-8-11-23-32-34(3,4)27-18-13-15-20-29(27)36(32)7/h8,11-16,18-21,23-24,26H,9-10,17,22,25H2,1-7H3/q+1. The zero-order valence-electron chi connectivity index (χ0n) is 24.4. The molecule has 200 valence electrons. The van der Waals surface area contributed by atoms with Crippen LogP contribution in [0.2, 0.25) is 0 Å². The smallest absolute Gasteiger partial charge is 0.209 e. The van der Waals surface area contributed by atoms with Gasteiger partial charge in [0, 0.05) is 60.3 Å². The minimum atomic E-state index is -0.0533. The number of rotatable bonds is 10. The van der Waals surface area contributed by atoms with E-state index in [-0.39, 0.29) is 16.7 Å². The van der Waals surface area contributed by atoms with Crippen molar-refractivity contribution in [2.75, 3.05) is 18.5 Å². The van der Waals surface area contributed by atoms with E-state index < -0.39 is 0 Å². The third-order valence-electron chi connectivity index (χ3n) is 8.42. The second-order valence-corrected chi connectivity index (χ2v) is 12.1. The van der Waals surface area contributed by atoms with Crippen molar-refractivity contribution in [3.05, 3.63) is 95.7 Å². The van der Waals surface area contributed by atoms with Gasteiger partial charge in [0.15, 0.2) is 5.71 Å². The molecule has 0 saturated carbocycles. The molecule has 2 aromatic rings. The molecule has 0 spiro atoms. The van der Waals surface area contributed by atoms with Crippen molar-refractivity contribution >= 4 is 22.9 Å². The summed E-state index contributed by atoms with van der Waals surface area (Å²) in [5.41, 5.74) is 7.94. The molecule has 0 aromatic heterocycles. The molecule has 38 heavy (non-hydrogen) atoms. The summed E-state index contributed by atoms with van der Waals surface area (Å²) in [6.07, 6.45) is 14.9. The average molecular weight is 510 g/mol. The Labute approximate surface area is 230 Å². The highest BCUT2D eigenvalue weighted by Crippen LogP contribution is 2.46. The van der Waals surface area contributed by atoms with Gasteiger partial charge in [0.05, 0.1) is 5.41 Å². The summed E-state index contributed by atoms with van der Waals surface area (Å²) in [5.74, 6) is 0.524. The number of hydrogen-bond acceptors (Lipinski definition) is 2. The van der Waals surface area contributed by atoms with Crippen LogP contribution in [0, 0.1) is 5.92 Å². The fraction of sp³-hybridized carbons (Fsp3) is 0.429. The molecule has 2 aliphatic rings. The Balaban J connectivity index is 1.50. The molecular formula is C35H45N2O+. The van der Waals surface area contributed by atoms with E-state index in [4.69, 9.17) is 0 Å². The number of carbonyl (C=O) groups excluding carboxylic acids is 1. The van der Waals surface area contributed by atoms with Gasteiger partial charge < -0.3 is 4.90 Å². The number of para-hydroxylation sites is 2. The lowest BCUT2D eigenvalue weighted by molar-refractivity contribution is -0.438. The molecule has 0 aliphatic carbocycles. The highest BCUT2D eigenvalue weighted by Gasteiger charge is 2.43.